The molecule has 1 atom stereocenters. The highest BCUT2D eigenvalue weighted by atomic mass is 32.2. The SMILES string of the molecule is CCCCCNCC1CCN(S(=O)[O-])CC1. The van der Waals surface area contributed by atoms with Gasteiger partial charge in [-0.2, -0.15) is 0 Å². The average Bonchev–Trinajstić information content (AvgIpc) is 2.29. The smallest absolute Gasteiger partial charge is 0.0209 e. The molecular weight excluding hydrogens is 224 g/mol. The summed E-state index contributed by atoms with van der Waals surface area (Å²) in [6.45, 7) is 5.73. The molecule has 1 rings (SSSR count). The Morgan fingerprint density at radius 1 is 1.38 bits per heavy atom. The maximum absolute atomic E-state index is 10.7. The van der Waals surface area contributed by atoms with Crippen molar-refractivity contribution in [2.24, 2.45) is 5.92 Å². The van der Waals surface area contributed by atoms with E-state index in [4.69, 9.17) is 0 Å². The van der Waals surface area contributed by atoms with Crippen LogP contribution in [0.2, 0.25) is 0 Å². The van der Waals surface area contributed by atoms with Gasteiger partial charge in [-0.3, -0.25) is 4.21 Å². The van der Waals surface area contributed by atoms with Crippen molar-refractivity contribution < 1.29 is 8.76 Å². The van der Waals surface area contributed by atoms with Gasteiger partial charge in [0.15, 0.2) is 0 Å². The van der Waals surface area contributed by atoms with Crippen LogP contribution in [0, 0.1) is 5.92 Å². The quantitative estimate of drug-likeness (QED) is 0.544. The zero-order valence-electron chi connectivity index (χ0n) is 10.1. The van der Waals surface area contributed by atoms with Gasteiger partial charge in [0.25, 0.3) is 0 Å². The summed E-state index contributed by atoms with van der Waals surface area (Å²) in [4.78, 5) is 0. The van der Waals surface area contributed by atoms with Crippen molar-refractivity contribution in [3.63, 3.8) is 0 Å². The van der Waals surface area contributed by atoms with Crippen LogP contribution in [0.3, 0.4) is 0 Å². The lowest BCUT2D eigenvalue weighted by molar-refractivity contribution is 0.262. The molecule has 0 amide bonds. The molecule has 5 heteroatoms. The lowest BCUT2D eigenvalue weighted by atomic mass is 9.98. The Morgan fingerprint density at radius 2 is 2.06 bits per heavy atom. The molecule has 4 nitrogen and oxygen atoms in total. The van der Waals surface area contributed by atoms with Gasteiger partial charge in [0.05, 0.1) is 0 Å². The lowest BCUT2D eigenvalue weighted by Crippen LogP contribution is -2.38. The molecule has 0 aliphatic carbocycles. The number of nitrogens with one attached hydrogen (secondary N) is 1. The van der Waals surface area contributed by atoms with Gasteiger partial charge in [0.2, 0.25) is 0 Å². The molecule has 0 bridgehead atoms. The van der Waals surface area contributed by atoms with E-state index in [-0.39, 0.29) is 0 Å². The van der Waals surface area contributed by atoms with Crippen LogP contribution < -0.4 is 5.32 Å². The highest BCUT2D eigenvalue weighted by molar-refractivity contribution is 7.76. The van der Waals surface area contributed by atoms with Crippen LogP contribution in [0.1, 0.15) is 39.0 Å². The number of piperidine rings is 1. The second-order valence-corrected chi connectivity index (χ2v) is 5.45. The molecule has 16 heavy (non-hydrogen) atoms. The third-order valence-corrected chi connectivity index (χ3v) is 3.96. The van der Waals surface area contributed by atoms with E-state index in [1.807, 2.05) is 0 Å². The van der Waals surface area contributed by atoms with Crippen molar-refractivity contribution in [1.29, 1.82) is 0 Å². The first-order valence-electron chi connectivity index (χ1n) is 6.29. The molecule has 0 aromatic carbocycles. The molecule has 0 aromatic rings. The molecule has 0 aromatic heterocycles. The van der Waals surface area contributed by atoms with E-state index < -0.39 is 11.3 Å². The predicted molar refractivity (Wildman–Crippen MR) is 65.6 cm³/mol. The standard InChI is InChI=1S/C11H24N2O2S/c1-2-3-4-7-12-10-11-5-8-13(9-6-11)16(14)15/h11-12H,2-10H2,1H3,(H,14,15)/p-1. The summed E-state index contributed by atoms with van der Waals surface area (Å²) in [7, 11) is 0. The number of unbranched alkanes of at least 4 members (excludes halogenated alkanes) is 2. The van der Waals surface area contributed by atoms with Crippen LogP contribution in [0.5, 0.6) is 0 Å². The van der Waals surface area contributed by atoms with Gasteiger partial charge >= 0.3 is 0 Å². The normalized spacial score (nSPS) is 21.1. The third kappa shape index (κ3) is 5.39. The van der Waals surface area contributed by atoms with Crippen LogP contribution in [-0.2, 0) is 11.3 Å². The van der Waals surface area contributed by atoms with Crippen molar-refractivity contribution in [1.82, 2.24) is 9.62 Å². The molecule has 1 fully saturated rings. The van der Waals surface area contributed by atoms with E-state index in [0.29, 0.717) is 19.0 Å². The zero-order valence-corrected chi connectivity index (χ0v) is 10.9. The minimum absolute atomic E-state index is 0.654. The molecule has 0 spiro atoms. The Balaban J connectivity index is 2.02. The number of hydrogen-bond acceptors (Lipinski definition) is 3. The van der Waals surface area contributed by atoms with Gasteiger partial charge in [-0.25, -0.2) is 4.31 Å². The third-order valence-electron chi connectivity index (χ3n) is 3.17. The van der Waals surface area contributed by atoms with Crippen LogP contribution in [0.25, 0.3) is 0 Å². The maximum atomic E-state index is 10.7. The second-order valence-electron chi connectivity index (χ2n) is 4.50. The molecule has 1 N–H and O–H groups in total. The molecule has 1 saturated heterocycles. The number of rotatable bonds is 7. The van der Waals surface area contributed by atoms with Crippen LogP contribution in [0.15, 0.2) is 0 Å². The number of hydrogen-bond donors (Lipinski definition) is 1. The van der Waals surface area contributed by atoms with E-state index >= 15 is 0 Å². The summed E-state index contributed by atoms with van der Waals surface area (Å²) in [5.74, 6) is 0.654. The molecule has 1 heterocycles. The Hall–Kier alpha value is 0.0300. The fourth-order valence-corrected chi connectivity index (χ4v) is 2.58. The van der Waals surface area contributed by atoms with E-state index in [9.17, 15) is 8.76 Å². The minimum Gasteiger partial charge on any atom is -0.760 e. The van der Waals surface area contributed by atoms with Crippen LogP contribution in [-0.4, -0.2) is 39.2 Å². The highest BCUT2D eigenvalue weighted by Gasteiger charge is 2.18. The summed E-state index contributed by atoms with van der Waals surface area (Å²) in [6, 6.07) is 0. The monoisotopic (exact) mass is 247 g/mol. The van der Waals surface area contributed by atoms with E-state index in [0.717, 1.165) is 25.9 Å². The second kappa shape index (κ2) is 8.17. The lowest BCUT2D eigenvalue weighted by Gasteiger charge is -2.32. The maximum Gasteiger partial charge on any atom is 0.0209 e. The Kier molecular flexibility index (Phi) is 7.20. The summed E-state index contributed by atoms with van der Waals surface area (Å²) in [6.07, 6.45) is 5.79. The van der Waals surface area contributed by atoms with Crippen molar-refractivity contribution in [3.8, 4) is 0 Å². The van der Waals surface area contributed by atoms with Crippen molar-refractivity contribution in [2.75, 3.05) is 26.2 Å². The Bertz CT molecular complexity index is 206. The summed E-state index contributed by atoms with van der Waals surface area (Å²) in [5.41, 5.74) is 0. The van der Waals surface area contributed by atoms with Crippen molar-refractivity contribution in [2.45, 2.75) is 39.0 Å². The van der Waals surface area contributed by atoms with Gasteiger partial charge in [0.1, 0.15) is 0 Å². The van der Waals surface area contributed by atoms with Gasteiger partial charge in [-0.1, -0.05) is 19.8 Å². The summed E-state index contributed by atoms with van der Waals surface area (Å²) < 4.78 is 22.9. The van der Waals surface area contributed by atoms with Gasteiger partial charge in [0, 0.05) is 24.4 Å². The molecule has 96 valence electrons. The van der Waals surface area contributed by atoms with Crippen molar-refractivity contribution >= 4 is 11.3 Å². The van der Waals surface area contributed by atoms with E-state index in [1.165, 1.54) is 23.6 Å². The first-order chi connectivity index (χ1) is 7.74. The first-order valence-corrected chi connectivity index (χ1v) is 7.32. The first kappa shape index (κ1) is 14.1. The predicted octanol–water partition coefficient (Wildman–Crippen LogP) is 1.27. The molecule has 0 radical (unpaired) electrons. The van der Waals surface area contributed by atoms with Gasteiger partial charge < -0.3 is 9.87 Å². The van der Waals surface area contributed by atoms with Crippen molar-refractivity contribution in [3.05, 3.63) is 0 Å². The fourth-order valence-electron chi connectivity index (χ4n) is 2.07. The van der Waals surface area contributed by atoms with Crippen LogP contribution in [0.4, 0.5) is 0 Å². The largest absolute Gasteiger partial charge is 0.760 e. The molecular formula is C11H23N2O2S-. The topological polar surface area (TPSA) is 55.4 Å². The molecule has 1 aliphatic rings. The van der Waals surface area contributed by atoms with E-state index in [2.05, 4.69) is 12.2 Å². The van der Waals surface area contributed by atoms with Gasteiger partial charge in [-0.15, -0.1) is 0 Å². The highest BCUT2D eigenvalue weighted by Crippen LogP contribution is 2.16. The fraction of sp³-hybridized carbons (Fsp3) is 1.00. The Labute approximate surface area is 101 Å². The average molecular weight is 247 g/mol. The minimum atomic E-state index is -2.01. The molecule has 0 saturated carbocycles. The van der Waals surface area contributed by atoms with Crippen LogP contribution >= 0.6 is 0 Å². The molecule has 1 unspecified atom stereocenters. The summed E-state index contributed by atoms with van der Waals surface area (Å²) in [5, 5.41) is 3.46. The Morgan fingerprint density at radius 3 is 2.62 bits per heavy atom. The molecule has 1 aliphatic heterocycles. The van der Waals surface area contributed by atoms with E-state index in [1.54, 1.807) is 0 Å². The zero-order chi connectivity index (χ0) is 11.8. The summed E-state index contributed by atoms with van der Waals surface area (Å²) >= 11 is -2.01. The van der Waals surface area contributed by atoms with Gasteiger partial charge in [-0.05, 0) is 38.3 Å². The number of nitrogens with zero attached hydrogens (tertiary/aromatic N) is 1.